The molecule has 0 unspecified atom stereocenters. The fraction of sp³-hybridized carbons (Fsp3) is 0.238. The minimum atomic E-state index is -0.123. The third-order valence-corrected chi connectivity index (χ3v) is 4.19. The number of ether oxygens (including phenoxy) is 1. The number of amides is 1. The molecule has 0 aliphatic carbocycles. The summed E-state index contributed by atoms with van der Waals surface area (Å²) in [5, 5.41) is 5.86. The van der Waals surface area contributed by atoms with Crippen molar-refractivity contribution in [2.45, 2.75) is 33.3 Å². The van der Waals surface area contributed by atoms with Gasteiger partial charge in [-0.3, -0.25) is 4.79 Å². The molecule has 0 saturated carbocycles. The highest BCUT2D eigenvalue weighted by Gasteiger charge is 2.28. The first-order valence-electron chi connectivity index (χ1n) is 8.52. The predicted octanol–water partition coefficient (Wildman–Crippen LogP) is 4.67. The molecule has 0 aromatic heterocycles. The van der Waals surface area contributed by atoms with E-state index in [1.807, 2.05) is 74.5 Å². The first kappa shape index (κ1) is 17.0. The van der Waals surface area contributed by atoms with E-state index in [2.05, 4.69) is 12.0 Å². The third-order valence-electron chi connectivity index (χ3n) is 4.19. The van der Waals surface area contributed by atoms with Gasteiger partial charge in [0.2, 0.25) is 0 Å². The van der Waals surface area contributed by atoms with Gasteiger partial charge in [0.15, 0.2) is 0 Å². The topological polar surface area (TPSA) is 41.9 Å². The first-order chi connectivity index (χ1) is 12.1. The summed E-state index contributed by atoms with van der Waals surface area (Å²) in [6.07, 6.45) is 2.91. The van der Waals surface area contributed by atoms with Gasteiger partial charge in [-0.15, -0.1) is 0 Å². The maximum absolute atomic E-state index is 12.8. The molecule has 2 aromatic carbocycles. The second kappa shape index (κ2) is 7.34. The summed E-state index contributed by atoms with van der Waals surface area (Å²) in [4.78, 5) is 12.8. The van der Waals surface area contributed by atoms with Crippen molar-refractivity contribution in [3.63, 3.8) is 0 Å². The molecule has 0 spiro atoms. The van der Waals surface area contributed by atoms with E-state index in [4.69, 9.17) is 4.74 Å². The quantitative estimate of drug-likeness (QED) is 0.746. The van der Waals surface area contributed by atoms with Crippen molar-refractivity contribution < 1.29 is 9.53 Å². The van der Waals surface area contributed by atoms with Crippen LogP contribution in [0.15, 0.2) is 65.3 Å². The van der Waals surface area contributed by atoms with E-state index in [1.54, 1.807) is 0 Å². The lowest BCUT2D eigenvalue weighted by Crippen LogP contribution is -2.21. The lowest BCUT2D eigenvalue weighted by atomic mass is 10.1. The molecule has 4 nitrogen and oxygen atoms in total. The van der Waals surface area contributed by atoms with Crippen molar-refractivity contribution >= 4 is 23.4 Å². The normalized spacial score (nSPS) is 16.9. The van der Waals surface area contributed by atoms with Crippen LogP contribution in [0.2, 0.25) is 0 Å². The van der Waals surface area contributed by atoms with Crippen molar-refractivity contribution in [1.29, 1.82) is 0 Å². The van der Waals surface area contributed by atoms with Crippen LogP contribution in [0, 0.1) is 0 Å². The predicted molar refractivity (Wildman–Crippen MR) is 102 cm³/mol. The number of anilines is 1. The molecule has 1 heterocycles. The Morgan fingerprint density at radius 3 is 2.52 bits per heavy atom. The van der Waals surface area contributed by atoms with Crippen molar-refractivity contribution in [2.75, 3.05) is 5.01 Å². The molecule has 1 amide bonds. The van der Waals surface area contributed by atoms with E-state index < -0.39 is 0 Å². The van der Waals surface area contributed by atoms with E-state index in [1.165, 1.54) is 5.01 Å². The van der Waals surface area contributed by atoms with Crippen LogP contribution in [0.3, 0.4) is 0 Å². The van der Waals surface area contributed by atoms with Crippen molar-refractivity contribution in [3.8, 4) is 5.75 Å². The van der Waals surface area contributed by atoms with Gasteiger partial charge in [-0.25, -0.2) is 0 Å². The molecule has 0 fully saturated rings. The standard InChI is InChI=1S/C21H22N2O2/c1-4-15(2)25-20-13-9-8-10-17(20)14-19-16(3)22-23(21(19)24)18-11-6-5-7-12-18/h5-15H,4H2,1-3H3/b19-14+/t15-/m1/s1. The minimum Gasteiger partial charge on any atom is -0.490 e. The zero-order valence-electron chi connectivity index (χ0n) is 14.8. The molecular formula is C21H22N2O2. The van der Waals surface area contributed by atoms with Crippen LogP contribution in [-0.2, 0) is 4.79 Å². The fourth-order valence-corrected chi connectivity index (χ4v) is 2.59. The van der Waals surface area contributed by atoms with Crippen molar-refractivity contribution in [2.24, 2.45) is 5.10 Å². The van der Waals surface area contributed by atoms with E-state index in [0.717, 1.165) is 23.4 Å². The van der Waals surface area contributed by atoms with Gasteiger partial charge in [0.05, 0.1) is 23.1 Å². The zero-order chi connectivity index (χ0) is 17.8. The maximum Gasteiger partial charge on any atom is 0.280 e. The highest BCUT2D eigenvalue weighted by atomic mass is 16.5. The van der Waals surface area contributed by atoms with E-state index in [0.29, 0.717) is 11.3 Å². The van der Waals surface area contributed by atoms with Crippen LogP contribution in [0.25, 0.3) is 6.08 Å². The lowest BCUT2D eigenvalue weighted by molar-refractivity contribution is -0.114. The Labute approximate surface area is 148 Å². The van der Waals surface area contributed by atoms with E-state index in [-0.39, 0.29) is 12.0 Å². The monoisotopic (exact) mass is 334 g/mol. The summed E-state index contributed by atoms with van der Waals surface area (Å²) in [5.41, 5.74) is 2.94. The number of para-hydroxylation sites is 2. The summed E-state index contributed by atoms with van der Waals surface area (Å²) in [7, 11) is 0. The third kappa shape index (κ3) is 3.63. The maximum atomic E-state index is 12.8. The fourth-order valence-electron chi connectivity index (χ4n) is 2.59. The molecule has 1 aliphatic rings. The summed E-state index contributed by atoms with van der Waals surface area (Å²) < 4.78 is 5.98. The van der Waals surface area contributed by atoms with Gasteiger partial charge >= 0.3 is 0 Å². The molecular weight excluding hydrogens is 312 g/mol. The first-order valence-corrected chi connectivity index (χ1v) is 8.52. The summed E-state index contributed by atoms with van der Waals surface area (Å²) in [5.74, 6) is 0.658. The average Bonchev–Trinajstić information content (AvgIpc) is 2.92. The van der Waals surface area contributed by atoms with Gasteiger partial charge in [0.25, 0.3) is 5.91 Å². The Bertz CT molecular complexity index is 825. The molecule has 2 aromatic rings. The highest BCUT2D eigenvalue weighted by molar-refractivity contribution is 6.32. The number of rotatable bonds is 5. The summed E-state index contributed by atoms with van der Waals surface area (Å²) in [6, 6.07) is 17.2. The molecule has 128 valence electrons. The van der Waals surface area contributed by atoms with Crippen molar-refractivity contribution in [3.05, 3.63) is 65.7 Å². The van der Waals surface area contributed by atoms with Gasteiger partial charge in [0.1, 0.15) is 5.75 Å². The second-order valence-corrected chi connectivity index (χ2v) is 6.07. The Morgan fingerprint density at radius 2 is 1.80 bits per heavy atom. The number of hydrogen-bond acceptors (Lipinski definition) is 3. The number of hydrogen-bond donors (Lipinski definition) is 0. The molecule has 0 saturated heterocycles. The van der Waals surface area contributed by atoms with E-state index >= 15 is 0 Å². The number of carbonyl (C=O) groups excluding carboxylic acids is 1. The van der Waals surface area contributed by atoms with Gasteiger partial charge in [-0.05, 0) is 44.5 Å². The van der Waals surface area contributed by atoms with Crippen LogP contribution < -0.4 is 9.75 Å². The number of carbonyl (C=O) groups is 1. The Balaban J connectivity index is 1.93. The minimum absolute atomic E-state index is 0.120. The Hall–Kier alpha value is -2.88. The van der Waals surface area contributed by atoms with Gasteiger partial charge in [-0.1, -0.05) is 43.3 Å². The molecule has 3 rings (SSSR count). The lowest BCUT2D eigenvalue weighted by Gasteiger charge is -2.15. The molecule has 25 heavy (non-hydrogen) atoms. The van der Waals surface area contributed by atoms with Crippen molar-refractivity contribution in [1.82, 2.24) is 0 Å². The van der Waals surface area contributed by atoms with Crippen LogP contribution >= 0.6 is 0 Å². The smallest absolute Gasteiger partial charge is 0.280 e. The zero-order valence-corrected chi connectivity index (χ0v) is 14.8. The molecule has 0 N–H and O–H groups in total. The highest BCUT2D eigenvalue weighted by Crippen LogP contribution is 2.28. The van der Waals surface area contributed by atoms with Gasteiger partial charge in [0, 0.05) is 5.56 Å². The number of hydrazone groups is 1. The Kier molecular flexibility index (Phi) is 4.98. The SMILES string of the molecule is CC[C@@H](C)Oc1ccccc1/C=C1/C(=O)N(c2ccccc2)N=C1C. The van der Waals surface area contributed by atoms with E-state index in [9.17, 15) is 4.79 Å². The largest absolute Gasteiger partial charge is 0.490 e. The van der Waals surface area contributed by atoms with Crippen LogP contribution in [0.5, 0.6) is 5.75 Å². The molecule has 1 aliphatic heterocycles. The second-order valence-electron chi connectivity index (χ2n) is 6.07. The van der Waals surface area contributed by atoms with Gasteiger partial charge in [-0.2, -0.15) is 10.1 Å². The molecule has 0 bridgehead atoms. The number of benzene rings is 2. The van der Waals surface area contributed by atoms with Gasteiger partial charge < -0.3 is 4.74 Å². The molecule has 1 atom stereocenters. The summed E-state index contributed by atoms with van der Waals surface area (Å²) in [6.45, 7) is 5.97. The average molecular weight is 334 g/mol. The van der Waals surface area contributed by atoms with Crippen LogP contribution in [-0.4, -0.2) is 17.7 Å². The summed E-state index contributed by atoms with van der Waals surface area (Å²) >= 11 is 0. The van der Waals surface area contributed by atoms with Crippen LogP contribution in [0.1, 0.15) is 32.8 Å². The molecule has 4 heteroatoms. The Morgan fingerprint density at radius 1 is 1.12 bits per heavy atom. The van der Waals surface area contributed by atoms with Crippen LogP contribution in [0.4, 0.5) is 5.69 Å². The number of nitrogens with zero attached hydrogens (tertiary/aromatic N) is 2. The molecule has 0 radical (unpaired) electrons.